The molecule has 3 rings (SSSR count). The number of fused-ring (bicyclic) bond motifs is 1. The number of esters is 1. The lowest BCUT2D eigenvalue weighted by atomic mass is 10.2. The largest absolute Gasteiger partial charge is 0.454 e. The topological polar surface area (TPSA) is 114 Å². The third-order valence-corrected chi connectivity index (χ3v) is 5.93. The number of halogens is 1. The van der Waals surface area contributed by atoms with Crippen LogP contribution in [0.15, 0.2) is 52.4 Å². The van der Waals surface area contributed by atoms with Crippen LogP contribution in [0.5, 0.6) is 0 Å². The fourth-order valence-corrected chi connectivity index (χ4v) is 4.02. The molecular formula is C19H18ClN3O5S. The summed E-state index contributed by atoms with van der Waals surface area (Å²) in [6.45, 7) is 2.77. The summed E-state index contributed by atoms with van der Waals surface area (Å²) in [6.07, 6.45) is 0. The Hall–Kier alpha value is -2.91. The number of hydrogen-bond acceptors (Lipinski definition) is 6. The standard InChI is InChI=1S/C19H18ClN3O5S/c1-11-7-8-13(9-15(11)20)22-17(24)10-28-19(25)12(2)21-18-14-5-3-4-6-16(14)29(26,27)23-18/h3-9,12H,10H2,1-2H3,(H,21,23)(H,22,24). The molecule has 1 heterocycles. The van der Waals surface area contributed by atoms with E-state index in [9.17, 15) is 18.0 Å². The van der Waals surface area contributed by atoms with Crippen molar-refractivity contribution in [1.29, 1.82) is 0 Å². The molecular weight excluding hydrogens is 418 g/mol. The fraction of sp³-hybridized carbons (Fsp3) is 0.211. The van der Waals surface area contributed by atoms with Crippen molar-refractivity contribution in [2.24, 2.45) is 4.99 Å². The molecule has 10 heteroatoms. The molecule has 8 nitrogen and oxygen atoms in total. The van der Waals surface area contributed by atoms with Gasteiger partial charge in [0.15, 0.2) is 6.61 Å². The van der Waals surface area contributed by atoms with Gasteiger partial charge in [0.25, 0.3) is 15.9 Å². The summed E-state index contributed by atoms with van der Waals surface area (Å²) in [4.78, 5) is 28.3. The fourth-order valence-electron chi connectivity index (χ4n) is 2.60. The highest BCUT2D eigenvalue weighted by Gasteiger charge is 2.31. The van der Waals surface area contributed by atoms with Crippen LogP contribution in [0.2, 0.25) is 5.02 Å². The predicted octanol–water partition coefficient (Wildman–Crippen LogP) is 2.26. The van der Waals surface area contributed by atoms with Crippen LogP contribution in [-0.4, -0.2) is 38.8 Å². The Balaban J connectivity index is 1.60. The Bertz CT molecular complexity index is 1110. The number of benzene rings is 2. The van der Waals surface area contributed by atoms with E-state index in [0.717, 1.165) is 5.56 Å². The maximum absolute atomic E-state index is 12.2. The molecule has 29 heavy (non-hydrogen) atoms. The van der Waals surface area contributed by atoms with E-state index >= 15 is 0 Å². The van der Waals surface area contributed by atoms with Gasteiger partial charge in [0.05, 0.1) is 4.90 Å². The Morgan fingerprint density at radius 3 is 2.69 bits per heavy atom. The zero-order chi connectivity index (χ0) is 21.2. The van der Waals surface area contributed by atoms with Gasteiger partial charge in [0, 0.05) is 16.3 Å². The van der Waals surface area contributed by atoms with Gasteiger partial charge in [0.1, 0.15) is 11.9 Å². The lowest BCUT2D eigenvalue weighted by Gasteiger charge is -2.10. The molecule has 1 unspecified atom stereocenters. The molecule has 2 aromatic carbocycles. The van der Waals surface area contributed by atoms with Crippen LogP contribution in [0.3, 0.4) is 0 Å². The number of rotatable bonds is 5. The first kappa shape index (κ1) is 20.8. The number of amides is 1. The second-order valence-corrected chi connectivity index (χ2v) is 8.43. The van der Waals surface area contributed by atoms with Crippen LogP contribution < -0.4 is 10.0 Å². The lowest BCUT2D eigenvalue weighted by Crippen LogP contribution is -2.28. The van der Waals surface area contributed by atoms with E-state index in [1.54, 1.807) is 36.4 Å². The summed E-state index contributed by atoms with van der Waals surface area (Å²) in [7, 11) is -3.70. The Labute approximate surface area is 173 Å². The van der Waals surface area contributed by atoms with E-state index in [1.165, 1.54) is 13.0 Å². The lowest BCUT2D eigenvalue weighted by molar-refractivity contribution is -0.148. The SMILES string of the molecule is Cc1ccc(NC(=O)COC(=O)C(C)N=C2NS(=O)(=O)c3ccccc32)cc1Cl. The minimum absolute atomic E-state index is 0.0591. The zero-order valence-electron chi connectivity index (χ0n) is 15.6. The molecule has 0 aromatic heterocycles. The van der Waals surface area contributed by atoms with Crippen LogP contribution in [-0.2, 0) is 24.3 Å². The summed E-state index contributed by atoms with van der Waals surface area (Å²) >= 11 is 6.00. The van der Waals surface area contributed by atoms with Gasteiger partial charge in [-0.15, -0.1) is 0 Å². The van der Waals surface area contributed by atoms with Crippen LogP contribution in [0.25, 0.3) is 0 Å². The van der Waals surface area contributed by atoms with Gasteiger partial charge in [-0.1, -0.05) is 29.8 Å². The van der Waals surface area contributed by atoms with Gasteiger partial charge in [-0.05, 0) is 43.7 Å². The number of amidine groups is 1. The van der Waals surface area contributed by atoms with Gasteiger partial charge in [-0.2, -0.15) is 0 Å². The zero-order valence-corrected chi connectivity index (χ0v) is 17.2. The van der Waals surface area contributed by atoms with Crippen molar-refractivity contribution >= 4 is 45.0 Å². The molecule has 0 radical (unpaired) electrons. The quantitative estimate of drug-likeness (QED) is 0.699. The van der Waals surface area contributed by atoms with E-state index in [4.69, 9.17) is 16.3 Å². The minimum Gasteiger partial charge on any atom is -0.454 e. The second kappa shape index (κ2) is 8.22. The maximum Gasteiger partial charge on any atom is 0.331 e. The Morgan fingerprint density at radius 1 is 1.24 bits per heavy atom. The number of ether oxygens (including phenoxy) is 1. The number of anilines is 1. The van der Waals surface area contributed by atoms with Gasteiger partial charge in [-0.3, -0.25) is 14.5 Å². The highest BCUT2D eigenvalue weighted by atomic mass is 35.5. The third-order valence-electron chi connectivity index (χ3n) is 4.13. The van der Waals surface area contributed by atoms with Crippen molar-refractivity contribution in [2.75, 3.05) is 11.9 Å². The van der Waals surface area contributed by atoms with E-state index in [1.807, 2.05) is 6.92 Å². The summed E-state index contributed by atoms with van der Waals surface area (Å²) in [5, 5.41) is 3.08. The molecule has 1 aliphatic heterocycles. The van der Waals surface area contributed by atoms with Crippen molar-refractivity contribution in [3.05, 3.63) is 58.6 Å². The van der Waals surface area contributed by atoms with Gasteiger partial charge in [-0.25, -0.2) is 13.2 Å². The number of sulfonamides is 1. The number of carbonyl (C=O) groups excluding carboxylic acids is 2. The van der Waals surface area contributed by atoms with Gasteiger partial charge >= 0.3 is 5.97 Å². The normalized spacial score (nSPS) is 16.6. The van der Waals surface area contributed by atoms with Crippen molar-refractivity contribution < 1.29 is 22.7 Å². The summed E-state index contributed by atoms with van der Waals surface area (Å²) in [6, 6.07) is 10.3. The highest BCUT2D eigenvalue weighted by molar-refractivity contribution is 7.90. The molecule has 0 fully saturated rings. The van der Waals surface area contributed by atoms with E-state index in [2.05, 4.69) is 15.0 Å². The summed E-state index contributed by atoms with van der Waals surface area (Å²) in [5.41, 5.74) is 1.72. The van der Waals surface area contributed by atoms with E-state index in [0.29, 0.717) is 16.3 Å². The number of aryl methyl sites for hydroxylation is 1. The van der Waals surface area contributed by atoms with Crippen LogP contribution in [0, 0.1) is 6.92 Å². The number of aliphatic imine (C=N–C) groups is 1. The molecule has 0 spiro atoms. The first-order chi connectivity index (χ1) is 13.7. The Morgan fingerprint density at radius 2 is 1.97 bits per heavy atom. The number of nitrogens with one attached hydrogen (secondary N) is 2. The molecule has 1 atom stereocenters. The smallest absolute Gasteiger partial charge is 0.331 e. The van der Waals surface area contributed by atoms with Crippen molar-refractivity contribution in [3.8, 4) is 0 Å². The molecule has 1 amide bonds. The molecule has 0 aliphatic carbocycles. The first-order valence-corrected chi connectivity index (χ1v) is 10.5. The second-order valence-electron chi connectivity index (χ2n) is 6.38. The molecule has 0 bridgehead atoms. The monoisotopic (exact) mass is 435 g/mol. The molecule has 0 saturated heterocycles. The number of nitrogens with zero attached hydrogens (tertiary/aromatic N) is 1. The maximum atomic E-state index is 12.2. The molecule has 152 valence electrons. The number of carbonyl (C=O) groups is 2. The van der Waals surface area contributed by atoms with Gasteiger partial charge < -0.3 is 10.1 Å². The highest BCUT2D eigenvalue weighted by Crippen LogP contribution is 2.23. The van der Waals surface area contributed by atoms with Crippen molar-refractivity contribution in [1.82, 2.24) is 4.72 Å². The van der Waals surface area contributed by atoms with Gasteiger partial charge in [0.2, 0.25) is 0 Å². The van der Waals surface area contributed by atoms with Crippen LogP contribution in [0.1, 0.15) is 18.1 Å². The average Bonchev–Trinajstić information content (AvgIpc) is 2.93. The number of hydrogen-bond donors (Lipinski definition) is 2. The molecule has 1 aliphatic rings. The molecule has 0 saturated carbocycles. The predicted molar refractivity (Wildman–Crippen MR) is 109 cm³/mol. The summed E-state index contributed by atoms with van der Waals surface area (Å²) in [5.74, 6) is -1.24. The van der Waals surface area contributed by atoms with Crippen LogP contribution in [0.4, 0.5) is 5.69 Å². The van der Waals surface area contributed by atoms with Crippen molar-refractivity contribution in [3.63, 3.8) is 0 Å². The van der Waals surface area contributed by atoms with E-state index < -0.39 is 34.5 Å². The average molecular weight is 436 g/mol. The third kappa shape index (κ3) is 4.75. The van der Waals surface area contributed by atoms with Crippen molar-refractivity contribution in [2.45, 2.75) is 24.8 Å². The van der Waals surface area contributed by atoms with E-state index in [-0.39, 0.29) is 10.7 Å². The van der Waals surface area contributed by atoms with Crippen LogP contribution >= 0.6 is 11.6 Å². The summed E-state index contributed by atoms with van der Waals surface area (Å²) < 4.78 is 31.4. The first-order valence-electron chi connectivity index (χ1n) is 8.60. The minimum atomic E-state index is -3.70. The molecule has 2 aromatic rings. The molecule has 2 N–H and O–H groups in total. The Kier molecular flexibility index (Phi) is 5.90.